The second kappa shape index (κ2) is 11.5. The lowest BCUT2D eigenvalue weighted by Gasteiger charge is -2.47. The molecule has 0 aromatic carbocycles. The summed E-state index contributed by atoms with van der Waals surface area (Å²) in [7, 11) is 2.08. The molecule has 0 spiro atoms. The Morgan fingerprint density at radius 1 is 1.27 bits per heavy atom. The predicted molar refractivity (Wildman–Crippen MR) is 146 cm³/mol. The smallest absolute Gasteiger partial charge is 0.318 e. The molecular formula is C28H33N9O3. The van der Waals surface area contributed by atoms with Crippen LogP contribution in [0.15, 0.2) is 31.1 Å². The number of aliphatic hydroxyl groups is 1. The van der Waals surface area contributed by atoms with Crippen LogP contribution in [-0.2, 0) is 17.8 Å². The monoisotopic (exact) mass is 543 g/mol. The van der Waals surface area contributed by atoms with Gasteiger partial charge in [-0.05, 0) is 45.0 Å². The van der Waals surface area contributed by atoms with E-state index in [-0.39, 0.29) is 31.6 Å². The van der Waals surface area contributed by atoms with Crippen molar-refractivity contribution in [2.75, 3.05) is 56.2 Å². The maximum absolute atomic E-state index is 12.5. The van der Waals surface area contributed by atoms with Gasteiger partial charge in [-0.15, -0.1) is 0 Å². The van der Waals surface area contributed by atoms with Crippen LogP contribution in [0.2, 0.25) is 0 Å². The fourth-order valence-corrected chi connectivity index (χ4v) is 5.80. The number of pyridine rings is 1. The molecule has 12 heteroatoms. The van der Waals surface area contributed by atoms with Crippen LogP contribution in [0.1, 0.15) is 36.1 Å². The Balaban J connectivity index is 1.49. The molecule has 2 fully saturated rings. The summed E-state index contributed by atoms with van der Waals surface area (Å²) in [6, 6.07) is 6.48. The topological polar surface area (TPSA) is 146 Å². The lowest BCUT2D eigenvalue weighted by molar-refractivity contribution is -0.155. The second-order valence-electron chi connectivity index (χ2n) is 10.5. The third-order valence-corrected chi connectivity index (χ3v) is 8.00. The van der Waals surface area contributed by atoms with Gasteiger partial charge in [-0.2, -0.15) is 20.5 Å². The summed E-state index contributed by atoms with van der Waals surface area (Å²) in [5.41, 5.74) is 1.28. The van der Waals surface area contributed by atoms with Gasteiger partial charge in [0.15, 0.2) is 5.72 Å². The van der Waals surface area contributed by atoms with Crippen LogP contribution in [-0.4, -0.2) is 93.9 Å². The highest BCUT2D eigenvalue weighted by atomic mass is 16.5. The molecule has 12 nitrogen and oxygen atoms in total. The first-order chi connectivity index (χ1) is 19.4. The molecule has 5 heterocycles. The van der Waals surface area contributed by atoms with Crippen LogP contribution in [0.4, 0.5) is 11.5 Å². The standard InChI is InChI=1S/C28H33N9O3/c1-3-25(38)37-14-13-36(19-28(37,39)8-9-29)26-22-7-12-35(24-16-31-10-6-20(24)15-30)17-23(22)32-27(33-26)40-18-21-5-4-11-34(21)2/h3,6,10,16,21,39H,1,4-5,7-8,11-14,17-19H2,2H3/t21-,28-/m0/s1. The van der Waals surface area contributed by atoms with Crippen molar-refractivity contribution in [3.63, 3.8) is 0 Å². The van der Waals surface area contributed by atoms with Gasteiger partial charge in [-0.25, -0.2) is 0 Å². The minimum Gasteiger partial charge on any atom is -0.462 e. The molecule has 2 atom stereocenters. The van der Waals surface area contributed by atoms with Gasteiger partial charge in [0.1, 0.15) is 18.5 Å². The van der Waals surface area contributed by atoms with E-state index in [1.165, 1.54) is 4.90 Å². The number of likely N-dealkylation sites (N-methyl/N-ethyl adjacent to an activating group) is 1. The van der Waals surface area contributed by atoms with E-state index >= 15 is 0 Å². The molecule has 0 radical (unpaired) electrons. The summed E-state index contributed by atoms with van der Waals surface area (Å²) in [5.74, 6) is 0.209. The Morgan fingerprint density at radius 3 is 2.85 bits per heavy atom. The Morgan fingerprint density at radius 2 is 2.12 bits per heavy atom. The van der Waals surface area contributed by atoms with Crippen molar-refractivity contribution in [3.8, 4) is 18.1 Å². The maximum Gasteiger partial charge on any atom is 0.318 e. The van der Waals surface area contributed by atoms with E-state index in [4.69, 9.17) is 14.7 Å². The van der Waals surface area contributed by atoms with E-state index < -0.39 is 11.6 Å². The average molecular weight is 544 g/mol. The van der Waals surface area contributed by atoms with Crippen LogP contribution in [0.3, 0.4) is 0 Å². The summed E-state index contributed by atoms with van der Waals surface area (Å²) >= 11 is 0. The first-order valence-corrected chi connectivity index (χ1v) is 13.5. The first-order valence-electron chi connectivity index (χ1n) is 13.5. The van der Waals surface area contributed by atoms with Gasteiger partial charge < -0.3 is 29.4 Å². The number of nitrogens with zero attached hydrogens (tertiary/aromatic N) is 9. The van der Waals surface area contributed by atoms with Crippen LogP contribution in [0, 0.1) is 22.7 Å². The maximum atomic E-state index is 12.5. The number of anilines is 2. The van der Waals surface area contributed by atoms with Gasteiger partial charge in [0.2, 0.25) is 5.91 Å². The van der Waals surface area contributed by atoms with Crippen LogP contribution < -0.4 is 14.5 Å². The van der Waals surface area contributed by atoms with Crippen molar-refractivity contribution in [2.24, 2.45) is 0 Å². The normalized spacial score (nSPS) is 22.8. The molecule has 3 aliphatic heterocycles. The molecule has 40 heavy (non-hydrogen) atoms. The summed E-state index contributed by atoms with van der Waals surface area (Å²) in [4.78, 5) is 33.9. The first kappa shape index (κ1) is 27.3. The highest BCUT2D eigenvalue weighted by Crippen LogP contribution is 2.34. The highest BCUT2D eigenvalue weighted by Gasteiger charge is 2.43. The number of nitriles is 2. The number of carbonyl (C=O) groups excluding carboxylic acids is 1. The molecule has 0 unspecified atom stereocenters. The van der Waals surface area contributed by atoms with Crippen molar-refractivity contribution < 1.29 is 14.6 Å². The lowest BCUT2D eigenvalue weighted by Crippen LogP contribution is -2.64. The van der Waals surface area contributed by atoms with E-state index in [9.17, 15) is 20.4 Å². The number of aromatic nitrogens is 3. The van der Waals surface area contributed by atoms with E-state index in [1.807, 2.05) is 11.0 Å². The number of likely N-dealkylation sites (tertiary alicyclic amines) is 1. The molecule has 208 valence electrons. The number of hydrogen-bond acceptors (Lipinski definition) is 11. The van der Waals surface area contributed by atoms with Gasteiger partial charge in [0.25, 0.3) is 0 Å². The molecule has 1 amide bonds. The van der Waals surface area contributed by atoms with Crippen molar-refractivity contribution >= 4 is 17.4 Å². The largest absolute Gasteiger partial charge is 0.462 e. The number of fused-ring (bicyclic) bond motifs is 1. The Bertz CT molecular complexity index is 1370. The van der Waals surface area contributed by atoms with Crippen molar-refractivity contribution in [3.05, 3.63) is 47.9 Å². The fraction of sp³-hybridized carbons (Fsp3) is 0.500. The summed E-state index contributed by atoms with van der Waals surface area (Å²) in [6.07, 6.45) is 6.95. The molecule has 2 saturated heterocycles. The predicted octanol–water partition coefficient (Wildman–Crippen LogP) is 1.22. The molecule has 1 N–H and O–H groups in total. The molecular weight excluding hydrogens is 510 g/mol. The van der Waals surface area contributed by atoms with Crippen LogP contribution in [0.25, 0.3) is 0 Å². The van der Waals surface area contributed by atoms with Gasteiger partial charge in [0.05, 0.1) is 48.7 Å². The zero-order valence-corrected chi connectivity index (χ0v) is 22.7. The number of piperazine rings is 1. The van der Waals surface area contributed by atoms with Crippen LogP contribution in [0.5, 0.6) is 6.01 Å². The van der Waals surface area contributed by atoms with Gasteiger partial charge in [-0.3, -0.25) is 9.78 Å². The van der Waals surface area contributed by atoms with Gasteiger partial charge in [0, 0.05) is 37.4 Å². The van der Waals surface area contributed by atoms with E-state index in [1.54, 1.807) is 18.5 Å². The molecule has 2 aromatic rings. The molecule has 0 saturated carbocycles. The number of hydrogen-bond donors (Lipinski definition) is 1. The van der Waals surface area contributed by atoms with Crippen molar-refractivity contribution in [2.45, 2.75) is 44.0 Å². The quantitative estimate of drug-likeness (QED) is 0.503. The summed E-state index contributed by atoms with van der Waals surface area (Å²) in [6.45, 7) is 6.71. The molecule has 3 aliphatic rings. The SMILES string of the molecule is C=CC(=O)N1CCN(c2nc(OC[C@@H]3CCCN3C)nc3c2CCN(c2cnccc2C#N)C3)C[C@@]1(O)CC#N. The Labute approximate surface area is 233 Å². The Kier molecular flexibility index (Phi) is 7.83. The highest BCUT2D eigenvalue weighted by molar-refractivity contribution is 5.87. The van der Waals surface area contributed by atoms with Crippen molar-refractivity contribution in [1.82, 2.24) is 24.8 Å². The summed E-state index contributed by atoms with van der Waals surface area (Å²) in [5, 5.41) is 30.5. The average Bonchev–Trinajstić information content (AvgIpc) is 3.39. The van der Waals surface area contributed by atoms with E-state index in [0.29, 0.717) is 44.0 Å². The zero-order chi connectivity index (χ0) is 28.3. The van der Waals surface area contributed by atoms with Crippen molar-refractivity contribution in [1.29, 1.82) is 10.5 Å². The Hall–Kier alpha value is -4.26. The van der Waals surface area contributed by atoms with E-state index in [2.05, 4.69) is 34.5 Å². The lowest BCUT2D eigenvalue weighted by atomic mass is 10.0. The second-order valence-corrected chi connectivity index (χ2v) is 10.5. The summed E-state index contributed by atoms with van der Waals surface area (Å²) < 4.78 is 6.15. The third-order valence-electron chi connectivity index (χ3n) is 8.00. The number of β-amino-alcohol motifs (C(OH)–C–C–N with tert-alkyl or cyclic N) is 1. The van der Waals surface area contributed by atoms with Gasteiger partial charge >= 0.3 is 6.01 Å². The number of amides is 1. The molecule has 0 bridgehead atoms. The molecule has 2 aromatic heterocycles. The van der Waals surface area contributed by atoms with Crippen LogP contribution >= 0.6 is 0 Å². The zero-order valence-electron chi connectivity index (χ0n) is 22.7. The fourth-order valence-electron chi connectivity index (χ4n) is 5.80. The number of carbonyl (C=O) groups is 1. The van der Waals surface area contributed by atoms with Gasteiger partial charge in [-0.1, -0.05) is 6.58 Å². The number of rotatable bonds is 7. The third kappa shape index (κ3) is 5.28. The minimum absolute atomic E-state index is 0.0132. The molecule has 5 rings (SSSR count). The molecule has 0 aliphatic carbocycles. The minimum atomic E-state index is -1.69. The van der Waals surface area contributed by atoms with E-state index in [0.717, 1.165) is 42.4 Å². The number of ether oxygens (including phenoxy) is 1.